The van der Waals surface area contributed by atoms with Gasteiger partial charge in [-0.2, -0.15) is 0 Å². The van der Waals surface area contributed by atoms with Gasteiger partial charge >= 0.3 is 0 Å². The highest BCUT2D eigenvalue weighted by Crippen LogP contribution is 2.39. The van der Waals surface area contributed by atoms with Crippen LogP contribution in [0.2, 0.25) is 0 Å². The molecule has 2 rings (SSSR count). The van der Waals surface area contributed by atoms with Crippen LogP contribution in [0, 0.1) is 17.7 Å². The van der Waals surface area contributed by atoms with Crippen LogP contribution in [0.4, 0.5) is 4.39 Å². The topological polar surface area (TPSA) is 20.2 Å². The van der Waals surface area contributed by atoms with Crippen molar-refractivity contribution in [2.75, 3.05) is 0 Å². The minimum Gasteiger partial charge on any atom is -0.388 e. The molecule has 1 atom stereocenters. The maximum atomic E-state index is 13.0. The summed E-state index contributed by atoms with van der Waals surface area (Å²) >= 11 is 3.34. The van der Waals surface area contributed by atoms with E-state index in [4.69, 9.17) is 0 Å². The van der Waals surface area contributed by atoms with E-state index in [0.29, 0.717) is 10.4 Å². The van der Waals surface area contributed by atoms with Gasteiger partial charge in [-0.25, -0.2) is 4.39 Å². The normalized spacial score (nSPS) is 26.0. The molecule has 1 aromatic carbocycles. The Hall–Kier alpha value is -0.410. The molecule has 0 aliphatic heterocycles. The van der Waals surface area contributed by atoms with E-state index in [1.54, 1.807) is 6.07 Å². The van der Waals surface area contributed by atoms with Gasteiger partial charge in [-0.3, -0.25) is 0 Å². The van der Waals surface area contributed by atoms with Crippen molar-refractivity contribution in [2.24, 2.45) is 11.8 Å². The molecule has 0 radical (unpaired) electrons. The van der Waals surface area contributed by atoms with E-state index >= 15 is 0 Å². The van der Waals surface area contributed by atoms with E-state index in [2.05, 4.69) is 22.9 Å². The Morgan fingerprint density at radius 1 is 1.33 bits per heavy atom. The lowest BCUT2D eigenvalue weighted by molar-refractivity contribution is 0.0723. The van der Waals surface area contributed by atoms with Gasteiger partial charge < -0.3 is 5.11 Å². The highest BCUT2D eigenvalue weighted by Gasteiger charge is 2.27. The summed E-state index contributed by atoms with van der Waals surface area (Å²) in [6, 6.07) is 4.53. The molecule has 1 aliphatic carbocycles. The Morgan fingerprint density at radius 3 is 2.56 bits per heavy atom. The number of benzene rings is 1. The molecule has 1 fully saturated rings. The monoisotopic (exact) mass is 314 g/mol. The maximum Gasteiger partial charge on any atom is 0.124 e. The maximum absolute atomic E-state index is 13.0. The van der Waals surface area contributed by atoms with Crippen molar-refractivity contribution in [3.8, 4) is 0 Å². The standard InChI is InChI=1S/C15H20BrFO/c1-2-10-3-5-11(6-4-10)15(18)13-8-7-12(17)9-14(13)16/h7-11,15,18H,2-6H2,1H3. The zero-order valence-corrected chi connectivity index (χ0v) is 12.3. The van der Waals surface area contributed by atoms with Crippen molar-refractivity contribution < 1.29 is 9.50 Å². The first-order valence-corrected chi connectivity index (χ1v) is 7.54. The molecule has 1 unspecified atom stereocenters. The van der Waals surface area contributed by atoms with Crippen LogP contribution in [-0.2, 0) is 0 Å². The summed E-state index contributed by atoms with van der Waals surface area (Å²) in [5, 5.41) is 10.4. The molecule has 0 aromatic heterocycles. The molecule has 1 N–H and O–H groups in total. The second-order valence-corrected chi connectivity index (χ2v) is 6.15. The van der Waals surface area contributed by atoms with Crippen molar-refractivity contribution in [1.82, 2.24) is 0 Å². The molecule has 1 saturated carbocycles. The summed E-state index contributed by atoms with van der Waals surface area (Å²) < 4.78 is 13.7. The van der Waals surface area contributed by atoms with E-state index in [9.17, 15) is 9.50 Å². The van der Waals surface area contributed by atoms with E-state index in [0.717, 1.165) is 24.3 Å². The van der Waals surface area contributed by atoms with Gasteiger partial charge in [0.25, 0.3) is 0 Å². The Balaban J connectivity index is 2.05. The Bertz CT molecular complexity index is 399. The quantitative estimate of drug-likeness (QED) is 0.846. The Morgan fingerprint density at radius 2 is 2.00 bits per heavy atom. The summed E-state index contributed by atoms with van der Waals surface area (Å²) in [7, 11) is 0. The summed E-state index contributed by atoms with van der Waals surface area (Å²) in [5.74, 6) is 0.868. The van der Waals surface area contributed by atoms with Gasteiger partial charge in [0.05, 0.1) is 6.10 Å². The number of aliphatic hydroxyl groups is 1. The van der Waals surface area contributed by atoms with Crippen LogP contribution in [0.3, 0.4) is 0 Å². The van der Waals surface area contributed by atoms with Crippen LogP contribution in [0.1, 0.15) is 50.7 Å². The lowest BCUT2D eigenvalue weighted by Crippen LogP contribution is -2.20. The van der Waals surface area contributed by atoms with Crippen molar-refractivity contribution in [1.29, 1.82) is 0 Å². The Kier molecular flexibility index (Phi) is 4.79. The molecule has 1 aliphatic rings. The predicted octanol–water partition coefficient (Wildman–Crippen LogP) is 4.84. The van der Waals surface area contributed by atoms with Crippen molar-refractivity contribution in [3.63, 3.8) is 0 Å². The molecular weight excluding hydrogens is 295 g/mol. The third-order valence-corrected chi connectivity index (χ3v) is 4.88. The highest BCUT2D eigenvalue weighted by atomic mass is 79.9. The summed E-state index contributed by atoms with van der Waals surface area (Å²) in [5.41, 5.74) is 0.816. The molecule has 100 valence electrons. The molecule has 3 heteroatoms. The van der Waals surface area contributed by atoms with Crippen LogP contribution < -0.4 is 0 Å². The van der Waals surface area contributed by atoms with Gasteiger partial charge in [0.1, 0.15) is 5.82 Å². The minimum absolute atomic E-state index is 0.271. The van der Waals surface area contributed by atoms with Crippen molar-refractivity contribution in [3.05, 3.63) is 34.1 Å². The van der Waals surface area contributed by atoms with Gasteiger partial charge in [-0.05, 0) is 42.4 Å². The molecular formula is C15H20BrFO. The first kappa shape index (κ1) is 14.0. The van der Waals surface area contributed by atoms with Crippen LogP contribution in [0.25, 0.3) is 0 Å². The predicted molar refractivity (Wildman–Crippen MR) is 74.8 cm³/mol. The number of hydrogen-bond donors (Lipinski definition) is 1. The fourth-order valence-corrected chi connectivity index (χ4v) is 3.49. The first-order chi connectivity index (χ1) is 8.61. The second kappa shape index (κ2) is 6.16. The SMILES string of the molecule is CCC1CCC(C(O)c2ccc(F)cc2Br)CC1. The average Bonchev–Trinajstić information content (AvgIpc) is 2.38. The summed E-state index contributed by atoms with van der Waals surface area (Å²) in [6.07, 6.45) is 5.32. The number of hydrogen-bond acceptors (Lipinski definition) is 1. The Labute approximate surface area is 117 Å². The lowest BCUT2D eigenvalue weighted by Gasteiger charge is -2.31. The van der Waals surface area contributed by atoms with E-state index < -0.39 is 6.10 Å². The van der Waals surface area contributed by atoms with Gasteiger partial charge in [0.15, 0.2) is 0 Å². The number of halogens is 2. The third-order valence-electron chi connectivity index (χ3n) is 4.20. The summed E-state index contributed by atoms with van der Waals surface area (Å²) in [6.45, 7) is 2.23. The zero-order valence-electron chi connectivity index (χ0n) is 10.7. The fraction of sp³-hybridized carbons (Fsp3) is 0.600. The lowest BCUT2D eigenvalue weighted by atomic mass is 9.77. The third kappa shape index (κ3) is 3.12. The fourth-order valence-electron chi connectivity index (χ4n) is 2.91. The van der Waals surface area contributed by atoms with E-state index in [1.807, 2.05) is 0 Å². The van der Waals surface area contributed by atoms with Crippen molar-refractivity contribution in [2.45, 2.75) is 45.1 Å². The molecule has 0 saturated heterocycles. The molecule has 1 aromatic rings. The molecule has 0 bridgehead atoms. The van der Waals surface area contributed by atoms with Crippen molar-refractivity contribution >= 4 is 15.9 Å². The molecule has 0 heterocycles. The number of aliphatic hydroxyl groups excluding tert-OH is 1. The minimum atomic E-state index is -0.474. The van der Waals surface area contributed by atoms with Gasteiger partial charge in [-0.1, -0.05) is 48.2 Å². The average molecular weight is 315 g/mol. The molecule has 0 spiro atoms. The van der Waals surface area contributed by atoms with Crippen LogP contribution >= 0.6 is 15.9 Å². The van der Waals surface area contributed by atoms with E-state index in [1.165, 1.54) is 31.4 Å². The zero-order chi connectivity index (χ0) is 13.1. The highest BCUT2D eigenvalue weighted by molar-refractivity contribution is 9.10. The van der Waals surface area contributed by atoms with Gasteiger partial charge in [0, 0.05) is 4.47 Å². The first-order valence-electron chi connectivity index (χ1n) is 6.74. The summed E-state index contributed by atoms with van der Waals surface area (Å²) in [4.78, 5) is 0. The molecule has 1 nitrogen and oxygen atoms in total. The molecule has 0 amide bonds. The van der Waals surface area contributed by atoms with Gasteiger partial charge in [0.2, 0.25) is 0 Å². The van der Waals surface area contributed by atoms with Gasteiger partial charge in [-0.15, -0.1) is 0 Å². The van der Waals surface area contributed by atoms with Crippen LogP contribution in [0.15, 0.2) is 22.7 Å². The smallest absolute Gasteiger partial charge is 0.124 e. The van der Waals surface area contributed by atoms with Crippen LogP contribution in [0.5, 0.6) is 0 Å². The van der Waals surface area contributed by atoms with Crippen LogP contribution in [-0.4, -0.2) is 5.11 Å². The molecule has 18 heavy (non-hydrogen) atoms. The second-order valence-electron chi connectivity index (χ2n) is 5.30. The largest absolute Gasteiger partial charge is 0.388 e. The number of rotatable bonds is 3. The van der Waals surface area contributed by atoms with E-state index in [-0.39, 0.29) is 5.82 Å².